The molecular weight excluding hydrogens is 280 g/mol. The van der Waals surface area contributed by atoms with E-state index in [1.165, 1.54) is 0 Å². The van der Waals surface area contributed by atoms with Gasteiger partial charge in [0.1, 0.15) is 0 Å². The maximum atomic E-state index is 11.5. The number of hydrogen-bond donors (Lipinski definition) is 2. The highest BCUT2D eigenvalue weighted by atomic mass is 79.9. The third kappa shape index (κ3) is 5.22. The number of carbonyl (C=O) groups excluding carboxylic acids is 1. The standard InChI is InChI=1S/C13H19BrN2O/c1-3-4-9-15-13(17)16-10(2)11-5-7-12(14)8-6-11/h5-8,10H,3-4,9H2,1-2H3,(H2,15,16,17)/t10-/m1/s1. The number of benzene rings is 1. The molecule has 0 aromatic heterocycles. The minimum atomic E-state index is -0.103. The van der Waals surface area contributed by atoms with Gasteiger partial charge in [-0.2, -0.15) is 0 Å². The van der Waals surface area contributed by atoms with Crippen molar-refractivity contribution in [2.75, 3.05) is 6.54 Å². The van der Waals surface area contributed by atoms with E-state index in [4.69, 9.17) is 0 Å². The molecule has 0 radical (unpaired) electrons. The second kappa shape index (κ2) is 7.33. The number of rotatable bonds is 5. The summed E-state index contributed by atoms with van der Waals surface area (Å²) in [6, 6.07) is 7.87. The molecule has 0 aliphatic carbocycles. The molecule has 1 aromatic carbocycles. The summed E-state index contributed by atoms with van der Waals surface area (Å²) in [6.45, 7) is 4.81. The molecule has 1 rings (SSSR count). The first-order valence-corrected chi connectivity index (χ1v) is 6.72. The molecule has 17 heavy (non-hydrogen) atoms. The van der Waals surface area contributed by atoms with E-state index in [1.54, 1.807) is 0 Å². The molecule has 4 heteroatoms. The Morgan fingerprint density at radius 3 is 2.59 bits per heavy atom. The van der Waals surface area contributed by atoms with E-state index in [0.717, 1.165) is 29.4 Å². The predicted molar refractivity (Wildman–Crippen MR) is 74.0 cm³/mol. The van der Waals surface area contributed by atoms with Gasteiger partial charge < -0.3 is 10.6 Å². The van der Waals surface area contributed by atoms with Gasteiger partial charge in [0.15, 0.2) is 0 Å². The summed E-state index contributed by atoms with van der Waals surface area (Å²) in [4.78, 5) is 11.5. The minimum absolute atomic E-state index is 0.0183. The third-order valence-corrected chi connectivity index (χ3v) is 3.06. The summed E-state index contributed by atoms with van der Waals surface area (Å²) in [5.74, 6) is 0. The van der Waals surface area contributed by atoms with E-state index in [2.05, 4.69) is 33.5 Å². The molecule has 0 saturated heterocycles. The second-order valence-corrected chi connectivity index (χ2v) is 4.94. The molecule has 0 heterocycles. The van der Waals surface area contributed by atoms with Crippen molar-refractivity contribution in [1.29, 1.82) is 0 Å². The van der Waals surface area contributed by atoms with Crippen molar-refractivity contribution in [2.24, 2.45) is 0 Å². The van der Waals surface area contributed by atoms with Crippen LogP contribution in [0, 0.1) is 0 Å². The van der Waals surface area contributed by atoms with Gasteiger partial charge in [-0.3, -0.25) is 0 Å². The van der Waals surface area contributed by atoms with Crippen LogP contribution in [-0.4, -0.2) is 12.6 Å². The lowest BCUT2D eigenvalue weighted by Gasteiger charge is -2.15. The van der Waals surface area contributed by atoms with Crippen LogP contribution in [0.3, 0.4) is 0 Å². The van der Waals surface area contributed by atoms with Gasteiger partial charge in [0, 0.05) is 11.0 Å². The average molecular weight is 299 g/mol. The molecule has 0 saturated carbocycles. The van der Waals surface area contributed by atoms with Crippen molar-refractivity contribution < 1.29 is 4.79 Å². The number of urea groups is 1. The molecular formula is C13H19BrN2O. The average Bonchev–Trinajstić information content (AvgIpc) is 2.30. The van der Waals surface area contributed by atoms with Crippen LogP contribution in [0.25, 0.3) is 0 Å². The fourth-order valence-electron chi connectivity index (χ4n) is 1.46. The topological polar surface area (TPSA) is 41.1 Å². The normalized spacial score (nSPS) is 11.9. The molecule has 2 amide bonds. The smallest absolute Gasteiger partial charge is 0.315 e. The van der Waals surface area contributed by atoms with E-state index in [9.17, 15) is 4.79 Å². The van der Waals surface area contributed by atoms with Crippen molar-refractivity contribution >= 4 is 22.0 Å². The van der Waals surface area contributed by atoms with Gasteiger partial charge >= 0.3 is 6.03 Å². The Labute approximate surface area is 111 Å². The van der Waals surface area contributed by atoms with E-state index < -0.39 is 0 Å². The summed E-state index contributed by atoms with van der Waals surface area (Å²) in [7, 11) is 0. The molecule has 94 valence electrons. The van der Waals surface area contributed by atoms with Crippen LogP contribution in [0.15, 0.2) is 28.7 Å². The number of carbonyl (C=O) groups is 1. The van der Waals surface area contributed by atoms with Crippen LogP contribution in [-0.2, 0) is 0 Å². The SMILES string of the molecule is CCCCNC(=O)N[C@H](C)c1ccc(Br)cc1. The first-order chi connectivity index (χ1) is 8.13. The fourth-order valence-corrected chi connectivity index (χ4v) is 1.73. The molecule has 0 aliphatic rings. The summed E-state index contributed by atoms with van der Waals surface area (Å²) in [5.41, 5.74) is 1.10. The van der Waals surface area contributed by atoms with Crippen LogP contribution in [0.5, 0.6) is 0 Å². The maximum absolute atomic E-state index is 11.5. The lowest BCUT2D eigenvalue weighted by atomic mass is 10.1. The lowest BCUT2D eigenvalue weighted by Crippen LogP contribution is -2.37. The Hall–Kier alpha value is -1.03. The number of nitrogens with one attached hydrogen (secondary N) is 2. The molecule has 2 N–H and O–H groups in total. The summed E-state index contributed by atoms with van der Waals surface area (Å²) < 4.78 is 1.04. The third-order valence-electron chi connectivity index (χ3n) is 2.53. The van der Waals surface area contributed by atoms with Gasteiger partial charge in [-0.15, -0.1) is 0 Å². The van der Waals surface area contributed by atoms with Crippen molar-refractivity contribution in [1.82, 2.24) is 10.6 Å². The maximum Gasteiger partial charge on any atom is 0.315 e. The first kappa shape index (κ1) is 14.0. The van der Waals surface area contributed by atoms with Crippen LogP contribution in [0.2, 0.25) is 0 Å². The Morgan fingerprint density at radius 2 is 2.00 bits per heavy atom. The second-order valence-electron chi connectivity index (χ2n) is 4.03. The number of amides is 2. The van der Waals surface area contributed by atoms with Crippen LogP contribution in [0.1, 0.15) is 38.3 Å². The summed E-state index contributed by atoms with van der Waals surface area (Å²) in [5, 5.41) is 5.75. The van der Waals surface area contributed by atoms with Gasteiger partial charge in [-0.1, -0.05) is 41.4 Å². The first-order valence-electron chi connectivity index (χ1n) is 5.93. The van der Waals surface area contributed by atoms with Gasteiger partial charge in [0.05, 0.1) is 6.04 Å². The lowest BCUT2D eigenvalue weighted by molar-refractivity contribution is 0.238. The zero-order valence-corrected chi connectivity index (χ0v) is 11.9. The van der Waals surface area contributed by atoms with Crippen LogP contribution in [0.4, 0.5) is 4.79 Å². The molecule has 1 aromatic rings. The largest absolute Gasteiger partial charge is 0.338 e. The molecule has 0 bridgehead atoms. The van der Waals surface area contributed by atoms with Crippen molar-refractivity contribution in [2.45, 2.75) is 32.7 Å². The van der Waals surface area contributed by atoms with E-state index in [0.29, 0.717) is 0 Å². The quantitative estimate of drug-likeness (QED) is 0.801. The minimum Gasteiger partial charge on any atom is -0.338 e. The Kier molecular flexibility index (Phi) is 6.05. The van der Waals surface area contributed by atoms with Crippen LogP contribution < -0.4 is 10.6 Å². The fraction of sp³-hybridized carbons (Fsp3) is 0.462. The highest BCUT2D eigenvalue weighted by Crippen LogP contribution is 2.16. The van der Waals surface area contributed by atoms with Gasteiger partial charge in [0.25, 0.3) is 0 Å². The van der Waals surface area contributed by atoms with Crippen molar-refractivity contribution in [3.8, 4) is 0 Å². The van der Waals surface area contributed by atoms with Crippen molar-refractivity contribution in [3.63, 3.8) is 0 Å². The highest BCUT2D eigenvalue weighted by molar-refractivity contribution is 9.10. The summed E-state index contributed by atoms with van der Waals surface area (Å²) in [6.07, 6.45) is 2.10. The van der Waals surface area contributed by atoms with Gasteiger partial charge in [-0.05, 0) is 31.0 Å². The summed E-state index contributed by atoms with van der Waals surface area (Å²) >= 11 is 3.39. The molecule has 0 aliphatic heterocycles. The van der Waals surface area contributed by atoms with Crippen LogP contribution >= 0.6 is 15.9 Å². The molecule has 0 spiro atoms. The van der Waals surface area contributed by atoms with E-state index in [1.807, 2.05) is 31.2 Å². The number of unbranched alkanes of at least 4 members (excludes halogenated alkanes) is 1. The van der Waals surface area contributed by atoms with Crippen molar-refractivity contribution in [3.05, 3.63) is 34.3 Å². The highest BCUT2D eigenvalue weighted by Gasteiger charge is 2.08. The van der Waals surface area contributed by atoms with E-state index in [-0.39, 0.29) is 12.1 Å². The molecule has 0 unspecified atom stereocenters. The monoisotopic (exact) mass is 298 g/mol. The van der Waals surface area contributed by atoms with Gasteiger partial charge in [-0.25, -0.2) is 4.79 Å². The predicted octanol–water partition coefficient (Wildman–Crippen LogP) is 3.61. The number of halogens is 1. The van der Waals surface area contributed by atoms with Gasteiger partial charge in [0.2, 0.25) is 0 Å². The molecule has 3 nitrogen and oxygen atoms in total. The Bertz CT molecular complexity index is 351. The Balaban J connectivity index is 2.40. The Morgan fingerprint density at radius 1 is 1.35 bits per heavy atom. The number of hydrogen-bond acceptors (Lipinski definition) is 1. The molecule has 0 fully saturated rings. The molecule has 1 atom stereocenters. The zero-order chi connectivity index (χ0) is 12.7. The zero-order valence-electron chi connectivity index (χ0n) is 10.3. The van der Waals surface area contributed by atoms with E-state index >= 15 is 0 Å².